The first-order valence-corrected chi connectivity index (χ1v) is 6.01. The van der Waals surface area contributed by atoms with Crippen LogP contribution in [0.15, 0.2) is 12.2 Å². The highest BCUT2D eigenvalue weighted by molar-refractivity contribution is 6.69. The molecule has 0 aliphatic heterocycles. The summed E-state index contributed by atoms with van der Waals surface area (Å²) in [6, 6.07) is 0. The quantitative estimate of drug-likeness (QED) is 0.369. The maximum absolute atomic E-state index is 5.75. The van der Waals surface area contributed by atoms with Crippen LogP contribution in [0.2, 0.25) is 5.54 Å². The summed E-state index contributed by atoms with van der Waals surface area (Å²) in [4.78, 5) is 0. The van der Waals surface area contributed by atoms with Crippen molar-refractivity contribution in [3.63, 3.8) is 0 Å². The number of allylic oxidation sites excluding steroid dienone is 2. The molecular weight excluding hydrogens is 195 g/mol. The zero-order valence-electron chi connectivity index (χ0n) is 6.13. The van der Waals surface area contributed by atoms with E-state index in [2.05, 4.69) is 12.2 Å². The second-order valence-electron chi connectivity index (χ2n) is 3.35. The molecule has 2 aliphatic carbocycles. The van der Waals surface area contributed by atoms with E-state index in [1.165, 1.54) is 12.8 Å². The Labute approximate surface area is 79.8 Å². The molecule has 3 heteroatoms. The third-order valence-electron chi connectivity index (χ3n) is 2.62. The smallest absolute Gasteiger partial charge is 0.0931 e. The highest BCUT2D eigenvalue weighted by Crippen LogP contribution is 2.47. The predicted molar refractivity (Wildman–Crippen MR) is 50.4 cm³/mol. The Bertz CT molecular complexity index is 179. The van der Waals surface area contributed by atoms with Crippen molar-refractivity contribution < 1.29 is 0 Å². The molecule has 2 bridgehead atoms. The maximum Gasteiger partial charge on any atom is 0.0931 e. The van der Waals surface area contributed by atoms with Gasteiger partial charge in [-0.3, -0.25) is 0 Å². The highest BCUT2D eigenvalue weighted by atomic mass is 35.5. The van der Waals surface area contributed by atoms with Gasteiger partial charge in [-0.15, -0.1) is 23.2 Å². The summed E-state index contributed by atoms with van der Waals surface area (Å²) in [7, 11) is 0.739. The first-order chi connectivity index (χ1) is 5.25. The molecule has 2 radical (unpaired) electrons. The molecular formula is C8H10Cl2Si. The topological polar surface area (TPSA) is 0 Å². The second-order valence-corrected chi connectivity index (χ2v) is 6.83. The minimum Gasteiger partial charge on any atom is -0.110 e. The van der Waals surface area contributed by atoms with Gasteiger partial charge < -0.3 is 0 Å². The van der Waals surface area contributed by atoms with Crippen molar-refractivity contribution >= 4 is 32.7 Å². The standard InChI is InChI=1S/C8H10Cl2Si/c9-8(10)11-7-4-5-1-2-6(7)3-5/h1-2,5-8H,3-4H2. The lowest BCUT2D eigenvalue weighted by Crippen LogP contribution is -2.14. The molecule has 0 N–H and O–H groups in total. The van der Waals surface area contributed by atoms with Crippen LogP contribution < -0.4 is 0 Å². The molecule has 11 heavy (non-hydrogen) atoms. The van der Waals surface area contributed by atoms with E-state index < -0.39 is 0 Å². The van der Waals surface area contributed by atoms with E-state index in [1.54, 1.807) is 0 Å². The molecule has 3 unspecified atom stereocenters. The largest absolute Gasteiger partial charge is 0.110 e. The minimum absolute atomic E-state index is 0.132. The maximum atomic E-state index is 5.75. The molecule has 1 saturated carbocycles. The third kappa shape index (κ3) is 1.66. The predicted octanol–water partition coefficient (Wildman–Crippen LogP) is 2.84. The summed E-state index contributed by atoms with van der Waals surface area (Å²) in [6.07, 6.45) is 7.39. The van der Waals surface area contributed by atoms with Crippen LogP contribution in [-0.2, 0) is 0 Å². The summed E-state index contributed by atoms with van der Waals surface area (Å²) in [6.45, 7) is 0. The zero-order valence-corrected chi connectivity index (χ0v) is 8.65. The molecule has 1 fully saturated rings. The van der Waals surface area contributed by atoms with Gasteiger partial charge in [-0.05, 0) is 30.2 Å². The van der Waals surface area contributed by atoms with Crippen LogP contribution in [0.1, 0.15) is 12.8 Å². The van der Waals surface area contributed by atoms with Gasteiger partial charge in [0.05, 0.1) is 14.0 Å². The molecule has 2 aliphatic rings. The van der Waals surface area contributed by atoms with E-state index in [4.69, 9.17) is 23.2 Å². The average Bonchev–Trinajstić information content (AvgIpc) is 2.45. The molecule has 0 aromatic heterocycles. The van der Waals surface area contributed by atoms with Gasteiger partial charge in [-0.2, -0.15) is 0 Å². The summed E-state index contributed by atoms with van der Waals surface area (Å²) >= 11 is 11.5. The Kier molecular flexibility index (Phi) is 2.31. The van der Waals surface area contributed by atoms with Crippen LogP contribution in [0.5, 0.6) is 0 Å². The molecule has 0 amide bonds. The van der Waals surface area contributed by atoms with Gasteiger partial charge in [0.1, 0.15) is 0 Å². The average molecular weight is 205 g/mol. The zero-order chi connectivity index (χ0) is 7.84. The van der Waals surface area contributed by atoms with Gasteiger partial charge in [0.25, 0.3) is 0 Å². The molecule has 0 saturated heterocycles. The number of hydrogen-bond donors (Lipinski definition) is 0. The first kappa shape index (κ1) is 8.15. The number of hydrogen-bond acceptors (Lipinski definition) is 0. The second kappa shape index (κ2) is 3.12. The summed E-state index contributed by atoms with van der Waals surface area (Å²) in [5.41, 5.74) is 0.796. The fourth-order valence-electron chi connectivity index (χ4n) is 2.13. The number of alkyl halides is 2. The van der Waals surface area contributed by atoms with E-state index in [1.807, 2.05) is 0 Å². The minimum atomic E-state index is -0.132. The fourth-order valence-corrected chi connectivity index (χ4v) is 4.36. The van der Waals surface area contributed by atoms with Crippen LogP contribution >= 0.6 is 23.2 Å². The molecule has 0 aromatic rings. The molecule has 0 aromatic carbocycles. The van der Waals surface area contributed by atoms with E-state index in [-0.39, 0.29) is 4.46 Å². The number of rotatable bonds is 2. The third-order valence-corrected chi connectivity index (χ3v) is 4.72. The van der Waals surface area contributed by atoms with Crippen LogP contribution in [-0.4, -0.2) is 14.0 Å². The molecule has 60 valence electrons. The molecule has 0 spiro atoms. The van der Waals surface area contributed by atoms with Gasteiger partial charge in [0.15, 0.2) is 0 Å². The summed E-state index contributed by atoms with van der Waals surface area (Å²) in [5.74, 6) is 1.66. The number of fused-ring (bicyclic) bond motifs is 2. The van der Waals surface area contributed by atoms with Crippen molar-refractivity contribution in [3.05, 3.63) is 12.2 Å². The first-order valence-electron chi connectivity index (χ1n) is 3.98. The van der Waals surface area contributed by atoms with Crippen molar-refractivity contribution in [3.8, 4) is 0 Å². The van der Waals surface area contributed by atoms with Crippen molar-refractivity contribution in [2.24, 2.45) is 11.8 Å². The normalized spacial score (nSPS) is 40.8. The van der Waals surface area contributed by atoms with E-state index >= 15 is 0 Å². The van der Waals surface area contributed by atoms with Gasteiger partial charge >= 0.3 is 0 Å². The molecule has 0 heterocycles. The van der Waals surface area contributed by atoms with Crippen LogP contribution in [0, 0.1) is 11.8 Å². The van der Waals surface area contributed by atoms with Crippen molar-refractivity contribution in [1.29, 1.82) is 0 Å². The van der Waals surface area contributed by atoms with E-state index in [0.717, 1.165) is 26.9 Å². The Hall–Kier alpha value is 0.537. The van der Waals surface area contributed by atoms with Gasteiger partial charge in [0, 0.05) is 0 Å². The molecule has 2 rings (SSSR count). The van der Waals surface area contributed by atoms with Crippen LogP contribution in [0.3, 0.4) is 0 Å². The van der Waals surface area contributed by atoms with Crippen molar-refractivity contribution in [2.75, 3.05) is 0 Å². The lowest BCUT2D eigenvalue weighted by atomic mass is 10.1. The van der Waals surface area contributed by atoms with Gasteiger partial charge in [-0.25, -0.2) is 0 Å². The SMILES string of the molecule is ClC(Cl)[Si]C1CC2C=CC1C2. The Morgan fingerprint density at radius 2 is 2.09 bits per heavy atom. The van der Waals surface area contributed by atoms with E-state index in [9.17, 15) is 0 Å². The lowest BCUT2D eigenvalue weighted by molar-refractivity contribution is 0.689. The van der Waals surface area contributed by atoms with Crippen molar-refractivity contribution in [1.82, 2.24) is 0 Å². The van der Waals surface area contributed by atoms with Crippen LogP contribution in [0.25, 0.3) is 0 Å². The van der Waals surface area contributed by atoms with E-state index in [0.29, 0.717) is 0 Å². The summed E-state index contributed by atoms with van der Waals surface area (Å²) in [5, 5.41) is 0. The Morgan fingerprint density at radius 1 is 1.27 bits per heavy atom. The highest BCUT2D eigenvalue weighted by Gasteiger charge is 2.36. The lowest BCUT2D eigenvalue weighted by Gasteiger charge is -2.16. The fraction of sp³-hybridized carbons (Fsp3) is 0.750. The van der Waals surface area contributed by atoms with Crippen molar-refractivity contribution in [2.45, 2.75) is 22.8 Å². The van der Waals surface area contributed by atoms with Gasteiger partial charge in [0.2, 0.25) is 0 Å². The van der Waals surface area contributed by atoms with Gasteiger partial charge in [-0.1, -0.05) is 12.2 Å². The Balaban J connectivity index is 1.93. The Morgan fingerprint density at radius 3 is 2.55 bits per heavy atom. The monoisotopic (exact) mass is 204 g/mol. The molecule has 3 atom stereocenters. The van der Waals surface area contributed by atoms with Crippen LogP contribution in [0.4, 0.5) is 0 Å². The molecule has 0 nitrogen and oxygen atoms in total. The summed E-state index contributed by atoms with van der Waals surface area (Å²) < 4.78 is -0.132. The number of halogens is 2.